The summed E-state index contributed by atoms with van der Waals surface area (Å²) in [5.74, 6) is -0.315. The van der Waals surface area contributed by atoms with E-state index in [0.717, 1.165) is 0 Å². The maximum atomic E-state index is 12.0. The smallest absolute Gasteiger partial charge is 0.409 e. The molecule has 2 rings (SSSR count). The highest BCUT2D eigenvalue weighted by Crippen LogP contribution is 2.16. The van der Waals surface area contributed by atoms with Crippen LogP contribution in [0.15, 0.2) is 48.5 Å². The zero-order valence-electron chi connectivity index (χ0n) is 10.5. The molecule has 0 fully saturated rings. The van der Waals surface area contributed by atoms with Crippen molar-refractivity contribution in [1.82, 2.24) is 0 Å². The van der Waals surface area contributed by atoms with Gasteiger partial charge in [-0.05, 0) is 36.4 Å². The predicted octanol–water partition coefficient (Wildman–Crippen LogP) is 2.61. The van der Waals surface area contributed by atoms with E-state index in [1.807, 2.05) is 0 Å². The summed E-state index contributed by atoms with van der Waals surface area (Å²) in [6, 6.07) is 13.0. The third-order valence-corrected chi connectivity index (χ3v) is 2.52. The van der Waals surface area contributed by atoms with Gasteiger partial charge in [0.25, 0.3) is 5.91 Å². The Balaban J connectivity index is 2.13. The minimum atomic E-state index is -1.16. The predicted molar refractivity (Wildman–Crippen MR) is 76.9 cm³/mol. The van der Waals surface area contributed by atoms with Crippen LogP contribution in [0.5, 0.6) is 0 Å². The SMILES string of the molecule is Nc1cccc(C(=O)Nc2cccc(NC(=O)O)c2)c1. The van der Waals surface area contributed by atoms with Crippen LogP contribution in [0.4, 0.5) is 21.9 Å². The molecule has 0 saturated heterocycles. The van der Waals surface area contributed by atoms with Crippen molar-refractivity contribution in [3.8, 4) is 0 Å². The summed E-state index contributed by atoms with van der Waals surface area (Å²) < 4.78 is 0. The topological polar surface area (TPSA) is 104 Å². The van der Waals surface area contributed by atoms with E-state index in [0.29, 0.717) is 22.6 Å². The van der Waals surface area contributed by atoms with Crippen LogP contribution in [0.2, 0.25) is 0 Å². The van der Waals surface area contributed by atoms with Gasteiger partial charge in [0.05, 0.1) is 0 Å². The van der Waals surface area contributed by atoms with Crippen molar-refractivity contribution >= 4 is 29.1 Å². The van der Waals surface area contributed by atoms with Gasteiger partial charge in [-0.2, -0.15) is 0 Å². The van der Waals surface area contributed by atoms with E-state index in [4.69, 9.17) is 10.8 Å². The first-order valence-corrected chi connectivity index (χ1v) is 5.81. The van der Waals surface area contributed by atoms with Gasteiger partial charge >= 0.3 is 6.09 Å². The average Bonchev–Trinajstić information content (AvgIpc) is 2.38. The Morgan fingerprint density at radius 3 is 2.25 bits per heavy atom. The van der Waals surface area contributed by atoms with Gasteiger partial charge < -0.3 is 16.2 Å². The molecule has 0 aromatic heterocycles. The standard InChI is InChI=1S/C14H13N3O3/c15-10-4-1-3-9(7-10)13(18)16-11-5-2-6-12(8-11)17-14(19)20/h1-8,17H,15H2,(H,16,18)(H,19,20). The number of nitrogen functional groups attached to an aromatic ring is 1. The van der Waals surface area contributed by atoms with Crippen molar-refractivity contribution in [2.45, 2.75) is 0 Å². The van der Waals surface area contributed by atoms with Gasteiger partial charge in [0.15, 0.2) is 0 Å². The van der Waals surface area contributed by atoms with Crippen molar-refractivity contribution in [2.24, 2.45) is 0 Å². The Kier molecular flexibility index (Phi) is 3.85. The molecule has 0 heterocycles. The summed E-state index contributed by atoms with van der Waals surface area (Å²) >= 11 is 0. The average molecular weight is 271 g/mol. The van der Waals surface area contributed by atoms with Gasteiger partial charge in [-0.25, -0.2) is 4.79 Å². The minimum Gasteiger partial charge on any atom is -0.465 e. The van der Waals surface area contributed by atoms with Crippen LogP contribution in [0, 0.1) is 0 Å². The quantitative estimate of drug-likeness (QED) is 0.644. The van der Waals surface area contributed by atoms with Gasteiger partial charge in [0.2, 0.25) is 0 Å². The van der Waals surface area contributed by atoms with Crippen LogP contribution in [0.3, 0.4) is 0 Å². The zero-order chi connectivity index (χ0) is 14.5. The highest BCUT2D eigenvalue weighted by atomic mass is 16.4. The third-order valence-electron chi connectivity index (χ3n) is 2.52. The number of nitrogens with two attached hydrogens (primary N) is 1. The molecule has 0 aliphatic rings. The van der Waals surface area contributed by atoms with Crippen LogP contribution in [-0.2, 0) is 0 Å². The lowest BCUT2D eigenvalue weighted by atomic mass is 10.2. The molecule has 0 aliphatic carbocycles. The van der Waals surface area contributed by atoms with Crippen molar-refractivity contribution in [1.29, 1.82) is 0 Å². The van der Waals surface area contributed by atoms with E-state index < -0.39 is 6.09 Å². The molecule has 5 N–H and O–H groups in total. The Bertz CT molecular complexity index is 656. The lowest BCUT2D eigenvalue weighted by Gasteiger charge is -2.07. The fraction of sp³-hybridized carbons (Fsp3) is 0. The van der Waals surface area contributed by atoms with Crippen molar-refractivity contribution < 1.29 is 14.7 Å². The van der Waals surface area contributed by atoms with Gasteiger partial charge in [-0.15, -0.1) is 0 Å². The third kappa shape index (κ3) is 3.49. The largest absolute Gasteiger partial charge is 0.465 e. The normalized spacial score (nSPS) is 9.80. The summed E-state index contributed by atoms with van der Waals surface area (Å²) in [5.41, 5.74) is 7.41. The molecule has 102 valence electrons. The second kappa shape index (κ2) is 5.75. The molecular formula is C14H13N3O3. The number of anilines is 3. The van der Waals surface area contributed by atoms with E-state index in [9.17, 15) is 9.59 Å². The minimum absolute atomic E-state index is 0.315. The number of carboxylic acid groups (broad SMARTS) is 1. The second-order valence-corrected chi connectivity index (χ2v) is 4.09. The Morgan fingerprint density at radius 2 is 1.60 bits per heavy atom. The summed E-state index contributed by atoms with van der Waals surface area (Å²) in [4.78, 5) is 22.5. The fourth-order valence-electron chi connectivity index (χ4n) is 1.68. The lowest BCUT2D eigenvalue weighted by Crippen LogP contribution is -2.13. The van der Waals surface area contributed by atoms with E-state index >= 15 is 0 Å². The summed E-state index contributed by atoms with van der Waals surface area (Å²) in [6.07, 6.45) is -1.16. The first kappa shape index (κ1) is 13.4. The van der Waals surface area contributed by atoms with Crippen molar-refractivity contribution in [3.05, 3.63) is 54.1 Å². The number of carbonyl (C=O) groups is 2. The number of carbonyl (C=O) groups excluding carboxylic acids is 1. The van der Waals surface area contributed by atoms with Gasteiger partial charge in [0.1, 0.15) is 0 Å². The molecule has 6 heteroatoms. The van der Waals surface area contributed by atoms with Crippen LogP contribution in [-0.4, -0.2) is 17.1 Å². The maximum absolute atomic E-state index is 12.0. The molecular weight excluding hydrogens is 258 g/mol. The van der Waals surface area contributed by atoms with Crippen LogP contribution < -0.4 is 16.4 Å². The van der Waals surface area contributed by atoms with Gasteiger partial charge in [0, 0.05) is 22.6 Å². The number of hydrogen-bond acceptors (Lipinski definition) is 3. The molecule has 0 aliphatic heterocycles. The van der Waals surface area contributed by atoms with Gasteiger partial charge in [-0.3, -0.25) is 10.1 Å². The molecule has 0 bridgehead atoms. The number of amides is 2. The van der Waals surface area contributed by atoms with E-state index in [2.05, 4.69) is 10.6 Å². The molecule has 2 aromatic rings. The molecule has 0 spiro atoms. The van der Waals surface area contributed by atoms with E-state index in [1.165, 1.54) is 6.07 Å². The monoisotopic (exact) mass is 271 g/mol. The van der Waals surface area contributed by atoms with E-state index in [1.54, 1.807) is 42.5 Å². The first-order valence-electron chi connectivity index (χ1n) is 5.81. The molecule has 6 nitrogen and oxygen atoms in total. The zero-order valence-corrected chi connectivity index (χ0v) is 10.5. The Labute approximate surface area is 115 Å². The summed E-state index contributed by atoms with van der Waals surface area (Å²) in [6.45, 7) is 0. The van der Waals surface area contributed by atoms with Gasteiger partial charge in [-0.1, -0.05) is 12.1 Å². The number of nitrogens with one attached hydrogen (secondary N) is 2. The maximum Gasteiger partial charge on any atom is 0.409 e. The number of hydrogen-bond donors (Lipinski definition) is 4. The highest BCUT2D eigenvalue weighted by molar-refractivity contribution is 6.05. The second-order valence-electron chi connectivity index (χ2n) is 4.09. The molecule has 0 unspecified atom stereocenters. The highest BCUT2D eigenvalue weighted by Gasteiger charge is 2.07. The molecule has 0 radical (unpaired) electrons. The number of rotatable bonds is 3. The molecule has 20 heavy (non-hydrogen) atoms. The molecule has 0 atom stereocenters. The first-order chi connectivity index (χ1) is 9.54. The molecule has 2 aromatic carbocycles. The summed E-state index contributed by atoms with van der Waals surface area (Å²) in [7, 11) is 0. The molecule has 0 saturated carbocycles. The van der Waals surface area contributed by atoms with Crippen LogP contribution in [0.1, 0.15) is 10.4 Å². The Morgan fingerprint density at radius 1 is 0.950 bits per heavy atom. The van der Waals surface area contributed by atoms with Crippen LogP contribution >= 0.6 is 0 Å². The number of benzene rings is 2. The molecule has 2 amide bonds. The fourth-order valence-corrected chi connectivity index (χ4v) is 1.68. The van der Waals surface area contributed by atoms with Crippen molar-refractivity contribution in [3.63, 3.8) is 0 Å². The summed E-state index contributed by atoms with van der Waals surface area (Å²) in [5, 5.41) is 13.5. The Hall–Kier alpha value is -3.02. The van der Waals surface area contributed by atoms with E-state index in [-0.39, 0.29) is 5.91 Å². The van der Waals surface area contributed by atoms with Crippen LogP contribution in [0.25, 0.3) is 0 Å². The lowest BCUT2D eigenvalue weighted by molar-refractivity contribution is 0.102. The van der Waals surface area contributed by atoms with Crippen molar-refractivity contribution in [2.75, 3.05) is 16.4 Å².